The van der Waals surface area contributed by atoms with Gasteiger partial charge in [0.25, 0.3) is 0 Å². The molecule has 0 aliphatic carbocycles. The van der Waals surface area contributed by atoms with Crippen LogP contribution in [0.2, 0.25) is 0 Å². The summed E-state index contributed by atoms with van der Waals surface area (Å²) in [4.78, 5) is 11.5. The highest BCUT2D eigenvalue weighted by Gasteiger charge is 2.33. The molecule has 1 amide bonds. The van der Waals surface area contributed by atoms with E-state index in [-0.39, 0.29) is 18.7 Å². The minimum Gasteiger partial charge on any atom is -0.381 e. The Morgan fingerprint density at radius 1 is 1.45 bits per heavy atom. The fraction of sp³-hybridized carbons (Fsp3) is 0.385. The van der Waals surface area contributed by atoms with Crippen molar-refractivity contribution in [3.8, 4) is 6.07 Å². The molecule has 0 heterocycles. The van der Waals surface area contributed by atoms with E-state index in [9.17, 15) is 18.0 Å². The number of anilines is 1. The van der Waals surface area contributed by atoms with E-state index in [1.165, 1.54) is 12.1 Å². The van der Waals surface area contributed by atoms with Crippen molar-refractivity contribution in [1.82, 2.24) is 0 Å². The Balaban J connectivity index is 2.83. The zero-order valence-electron chi connectivity index (χ0n) is 10.8. The monoisotopic (exact) mass is 286 g/mol. The first kappa shape index (κ1) is 16.0. The Morgan fingerprint density at radius 2 is 2.15 bits per heavy atom. The molecule has 0 bridgehead atoms. The Kier molecular flexibility index (Phi) is 5.53. The number of alkyl halides is 3. The van der Waals surface area contributed by atoms with Crippen LogP contribution in [0, 0.1) is 11.3 Å². The minimum atomic E-state index is -4.64. The van der Waals surface area contributed by atoms with Crippen LogP contribution in [0.5, 0.6) is 0 Å². The molecule has 0 fully saturated rings. The summed E-state index contributed by atoms with van der Waals surface area (Å²) in [5.74, 6) is -0.448. The first-order valence-electron chi connectivity index (χ1n) is 5.87. The van der Waals surface area contributed by atoms with Crippen molar-refractivity contribution in [3.05, 3.63) is 29.3 Å². The number of benzene rings is 1. The van der Waals surface area contributed by atoms with Gasteiger partial charge in [-0.3, -0.25) is 4.79 Å². The van der Waals surface area contributed by atoms with Crippen LogP contribution >= 0.6 is 0 Å². The molecule has 0 saturated heterocycles. The summed E-state index contributed by atoms with van der Waals surface area (Å²) in [6.45, 7) is 2.43. The molecule has 1 N–H and O–H groups in total. The molecule has 0 aliphatic rings. The van der Waals surface area contributed by atoms with E-state index in [1.807, 2.05) is 0 Å². The van der Waals surface area contributed by atoms with Crippen LogP contribution in [0.15, 0.2) is 18.2 Å². The highest BCUT2D eigenvalue weighted by molar-refractivity contribution is 5.91. The van der Waals surface area contributed by atoms with Gasteiger partial charge >= 0.3 is 6.18 Å². The number of carbonyl (C=O) groups excluding carboxylic acids is 1. The maximum Gasteiger partial charge on any atom is 0.417 e. The van der Waals surface area contributed by atoms with E-state index < -0.39 is 23.2 Å². The molecule has 0 saturated carbocycles. The lowest BCUT2D eigenvalue weighted by Gasteiger charge is -2.11. The number of nitriles is 1. The SMILES string of the molecule is CCOCCC(=O)Nc1ccc(C#N)c(C(F)(F)F)c1. The van der Waals surface area contributed by atoms with Crippen LogP contribution in [0.4, 0.5) is 18.9 Å². The van der Waals surface area contributed by atoms with Gasteiger partial charge in [-0.15, -0.1) is 0 Å². The number of hydrogen-bond acceptors (Lipinski definition) is 3. The summed E-state index contributed by atoms with van der Waals surface area (Å²) in [7, 11) is 0. The number of ether oxygens (including phenoxy) is 1. The first-order chi connectivity index (χ1) is 9.38. The van der Waals surface area contributed by atoms with Gasteiger partial charge in [0.2, 0.25) is 5.91 Å². The molecule has 4 nitrogen and oxygen atoms in total. The quantitative estimate of drug-likeness (QED) is 0.846. The summed E-state index contributed by atoms with van der Waals surface area (Å²) in [5, 5.41) is 11.0. The number of nitrogens with zero attached hydrogens (tertiary/aromatic N) is 1. The highest BCUT2D eigenvalue weighted by Crippen LogP contribution is 2.33. The van der Waals surface area contributed by atoms with Gasteiger partial charge in [0.05, 0.1) is 30.2 Å². The molecular formula is C13H13F3N2O2. The second-order valence-corrected chi connectivity index (χ2v) is 3.87. The van der Waals surface area contributed by atoms with Crippen molar-refractivity contribution < 1.29 is 22.7 Å². The van der Waals surface area contributed by atoms with Gasteiger partial charge in [-0.25, -0.2) is 0 Å². The van der Waals surface area contributed by atoms with Crippen molar-refractivity contribution >= 4 is 11.6 Å². The van der Waals surface area contributed by atoms with E-state index in [0.717, 1.165) is 12.1 Å². The van der Waals surface area contributed by atoms with Crippen LogP contribution in [0.3, 0.4) is 0 Å². The van der Waals surface area contributed by atoms with Crippen LogP contribution in [-0.2, 0) is 15.7 Å². The van der Waals surface area contributed by atoms with Gasteiger partial charge < -0.3 is 10.1 Å². The van der Waals surface area contributed by atoms with Crippen molar-refractivity contribution in [2.24, 2.45) is 0 Å². The lowest BCUT2D eigenvalue weighted by atomic mass is 10.1. The largest absolute Gasteiger partial charge is 0.417 e. The summed E-state index contributed by atoms with van der Waals surface area (Å²) in [6.07, 6.45) is -4.59. The molecule has 0 spiro atoms. The van der Waals surface area contributed by atoms with Crippen LogP contribution in [0.1, 0.15) is 24.5 Å². The Bertz CT molecular complexity index is 521. The predicted molar refractivity (Wildman–Crippen MR) is 65.9 cm³/mol. The van der Waals surface area contributed by atoms with E-state index in [1.54, 1.807) is 6.92 Å². The molecule has 0 radical (unpaired) electrons. The molecule has 20 heavy (non-hydrogen) atoms. The number of amides is 1. The topological polar surface area (TPSA) is 62.1 Å². The molecular weight excluding hydrogens is 273 g/mol. The van der Waals surface area contributed by atoms with Gasteiger partial charge in [0.1, 0.15) is 0 Å². The van der Waals surface area contributed by atoms with Crippen LogP contribution in [-0.4, -0.2) is 19.1 Å². The van der Waals surface area contributed by atoms with Gasteiger partial charge in [-0.2, -0.15) is 18.4 Å². The van der Waals surface area contributed by atoms with E-state index in [4.69, 9.17) is 10.00 Å². The fourth-order valence-corrected chi connectivity index (χ4v) is 1.49. The molecule has 1 aromatic rings. The second kappa shape index (κ2) is 6.91. The molecule has 0 unspecified atom stereocenters. The minimum absolute atomic E-state index is 0.00202. The number of nitrogens with one attached hydrogen (secondary N) is 1. The average molecular weight is 286 g/mol. The standard InChI is InChI=1S/C13H13F3N2O2/c1-2-20-6-5-12(19)18-10-4-3-9(8-17)11(7-10)13(14,15)16/h3-4,7H,2,5-6H2,1H3,(H,18,19). The van der Waals surface area contributed by atoms with Gasteiger partial charge in [-0.05, 0) is 25.1 Å². The molecule has 0 atom stereocenters. The highest BCUT2D eigenvalue weighted by atomic mass is 19.4. The molecule has 0 aromatic heterocycles. The molecule has 108 valence electrons. The van der Waals surface area contributed by atoms with E-state index in [0.29, 0.717) is 6.61 Å². The maximum atomic E-state index is 12.7. The smallest absolute Gasteiger partial charge is 0.381 e. The van der Waals surface area contributed by atoms with Crippen LogP contribution in [0.25, 0.3) is 0 Å². The second-order valence-electron chi connectivity index (χ2n) is 3.87. The van der Waals surface area contributed by atoms with Gasteiger partial charge in [0.15, 0.2) is 0 Å². The van der Waals surface area contributed by atoms with Crippen molar-refractivity contribution in [2.75, 3.05) is 18.5 Å². The number of carbonyl (C=O) groups is 1. The molecule has 1 aromatic carbocycles. The van der Waals surface area contributed by atoms with E-state index >= 15 is 0 Å². The lowest BCUT2D eigenvalue weighted by Crippen LogP contribution is -2.15. The van der Waals surface area contributed by atoms with Crippen molar-refractivity contribution in [3.63, 3.8) is 0 Å². The normalized spacial score (nSPS) is 10.9. The third kappa shape index (κ3) is 4.55. The number of halogens is 3. The molecule has 7 heteroatoms. The zero-order valence-corrected chi connectivity index (χ0v) is 10.8. The van der Waals surface area contributed by atoms with Crippen LogP contribution < -0.4 is 5.32 Å². The Labute approximate surface area is 114 Å². The zero-order chi connectivity index (χ0) is 15.2. The Morgan fingerprint density at radius 3 is 2.70 bits per heavy atom. The Hall–Kier alpha value is -2.07. The first-order valence-corrected chi connectivity index (χ1v) is 5.87. The number of hydrogen-bond donors (Lipinski definition) is 1. The van der Waals surface area contributed by atoms with Gasteiger partial charge in [0, 0.05) is 12.3 Å². The predicted octanol–water partition coefficient (Wildman–Crippen LogP) is 2.94. The third-order valence-electron chi connectivity index (χ3n) is 2.41. The lowest BCUT2D eigenvalue weighted by molar-refractivity contribution is -0.137. The molecule has 0 aliphatic heterocycles. The summed E-state index contributed by atoms with van der Waals surface area (Å²) in [6, 6.07) is 4.50. The third-order valence-corrected chi connectivity index (χ3v) is 2.41. The average Bonchev–Trinajstić information content (AvgIpc) is 2.38. The van der Waals surface area contributed by atoms with Gasteiger partial charge in [-0.1, -0.05) is 0 Å². The summed E-state index contributed by atoms with van der Waals surface area (Å²) < 4.78 is 43.1. The van der Waals surface area contributed by atoms with Crippen molar-refractivity contribution in [2.45, 2.75) is 19.5 Å². The summed E-state index contributed by atoms with van der Waals surface area (Å²) >= 11 is 0. The summed E-state index contributed by atoms with van der Waals surface area (Å²) in [5.41, 5.74) is -1.55. The van der Waals surface area contributed by atoms with E-state index in [2.05, 4.69) is 5.32 Å². The molecule has 1 rings (SSSR count). The number of rotatable bonds is 5. The van der Waals surface area contributed by atoms with Crippen molar-refractivity contribution in [1.29, 1.82) is 5.26 Å². The maximum absolute atomic E-state index is 12.7. The fourth-order valence-electron chi connectivity index (χ4n) is 1.49.